The highest BCUT2D eigenvalue weighted by molar-refractivity contribution is 5.96. The van der Waals surface area contributed by atoms with Crippen LogP contribution in [0.2, 0.25) is 0 Å². The molecule has 174 valence electrons. The summed E-state index contributed by atoms with van der Waals surface area (Å²) in [6, 6.07) is 6.46. The molecule has 0 radical (unpaired) electrons. The van der Waals surface area contributed by atoms with Gasteiger partial charge in [-0.2, -0.15) is 5.10 Å². The Bertz CT molecular complexity index is 1410. The molecule has 3 aromatic heterocycles. The summed E-state index contributed by atoms with van der Waals surface area (Å²) in [5.41, 5.74) is 7.32. The van der Waals surface area contributed by atoms with Gasteiger partial charge in [-0.15, -0.1) is 0 Å². The van der Waals surface area contributed by atoms with Crippen molar-refractivity contribution >= 4 is 22.9 Å². The third-order valence-electron chi connectivity index (χ3n) is 6.90. The molecule has 6 rings (SSSR count). The van der Waals surface area contributed by atoms with Gasteiger partial charge in [-0.05, 0) is 44.2 Å². The molecular formula is C25H28N8O. The second-order valence-electron chi connectivity index (χ2n) is 9.51. The summed E-state index contributed by atoms with van der Waals surface area (Å²) in [6.45, 7) is 6.42. The third kappa shape index (κ3) is 3.52. The van der Waals surface area contributed by atoms with Crippen molar-refractivity contribution in [3.05, 3.63) is 58.9 Å². The minimum Gasteiger partial charge on any atom is -0.350 e. The Hall–Kier alpha value is -3.75. The van der Waals surface area contributed by atoms with E-state index < -0.39 is 0 Å². The zero-order valence-corrected chi connectivity index (χ0v) is 19.7. The monoisotopic (exact) mass is 456 g/mol. The molecule has 1 aliphatic heterocycles. The summed E-state index contributed by atoms with van der Waals surface area (Å²) in [7, 11) is 1.83. The van der Waals surface area contributed by atoms with Gasteiger partial charge in [-0.3, -0.25) is 4.79 Å². The lowest BCUT2D eigenvalue weighted by atomic mass is 10.1. The summed E-state index contributed by atoms with van der Waals surface area (Å²) >= 11 is 0. The van der Waals surface area contributed by atoms with Crippen LogP contribution in [0.1, 0.15) is 45.8 Å². The van der Waals surface area contributed by atoms with Crippen molar-refractivity contribution in [3.8, 4) is 5.69 Å². The number of amides is 1. The van der Waals surface area contributed by atoms with Crippen LogP contribution >= 0.6 is 0 Å². The molecule has 9 heteroatoms. The van der Waals surface area contributed by atoms with Crippen LogP contribution in [0.4, 0.5) is 5.82 Å². The lowest BCUT2D eigenvalue weighted by Crippen LogP contribution is -2.31. The Balaban J connectivity index is 1.30. The highest BCUT2D eigenvalue weighted by Gasteiger charge is 2.27. The van der Waals surface area contributed by atoms with Crippen molar-refractivity contribution < 1.29 is 4.79 Å². The minimum absolute atomic E-state index is 0.158. The average Bonchev–Trinajstić information content (AvgIpc) is 3.48. The predicted octanol–water partition coefficient (Wildman–Crippen LogP) is 2.87. The highest BCUT2D eigenvalue weighted by Crippen LogP contribution is 2.30. The normalized spacial score (nSPS) is 15.6. The fraction of sp³-hybridized carbons (Fsp3) is 0.400. The van der Waals surface area contributed by atoms with Gasteiger partial charge in [0.1, 0.15) is 6.33 Å². The molecule has 1 fully saturated rings. The van der Waals surface area contributed by atoms with Crippen LogP contribution in [0.3, 0.4) is 0 Å². The number of nitrogens with one attached hydrogen (secondary N) is 1. The van der Waals surface area contributed by atoms with Crippen molar-refractivity contribution in [3.63, 3.8) is 0 Å². The van der Waals surface area contributed by atoms with Gasteiger partial charge in [0.2, 0.25) is 5.82 Å². The summed E-state index contributed by atoms with van der Waals surface area (Å²) in [5.74, 6) is 1.58. The third-order valence-corrected chi connectivity index (χ3v) is 6.90. The molecule has 0 atom stereocenters. The van der Waals surface area contributed by atoms with Crippen molar-refractivity contribution in [2.45, 2.75) is 39.7 Å². The molecule has 9 nitrogen and oxygen atoms in total. The second-order valence-corrected chi connectivity index (χ2v) is 9.51. The van der Waals surface area contributed by atoms with E-state index in [1.165, 1.54) is 35.2 Å². The van der Waals surface area contributed by atoms with Gasteiger partial charge in [0.25, 0.3) is 5.91 Å². The number of rotatable bonds is 5. The predicted molar refractivity (Wildman–Crippen MR) is 129 cm³/mol. The minimum atomic E-state index is -0.158. The maximum Gasteiger partial charge on any atom is 0.287 e. The van der Waals surface area contributed by atoms with Crippen LogP contribution in [-0.2, 0) is 20.0 Å². The van der Waals surface area contributed by atoms with E-state index >= 15 is 0 Å². The van der Waals surface area contributed by atoms with Gasteiger partial charge in [-0.25, -0.2) is 19.6 Å². The smallest absolute Gasteiger partial charge is 0.287 e. The van der Waals surface area contributed by atoms with Crippen LogP contribution in [0, 0.1) is 19.8 Å². The molecule has 1 aromatic carbocycles. The molecule has 0 spiro atoms. The van der Waals surface area contributed by atoms with Crippen LogP contribution in [-0.4, -0.2) is 48.3 Å². The zero-order chi connectivity index (χ0) is 23.4. The van der Waals surface area contributed by atoms with Crippen molar-refractivity contribution in [1.29, 1.82) is 0 Å². The fourth-order valence-corrected chi connectivity index (χ4v) is 4.82. The van der Waals surface area contributed by atoms with Gasteiger partial charge in [-0.1, -0.05) is 17.7 Å². The number of aromatic nitrogens is 6. The maximum atomic E-state index is 12.7. The Morgan fingerprint density at radius 3 is 2.85 bits per heavy atom. The van der Waals surface area contributed by atoms with Gasteiger partial charge >= 0.3 is 0 Å². The van der Waals surface area contributed by atoms with Gasteiger partial charge in [0, 0.05) is 38.7 Å². The van der Waals surface area contributed by atoms with E-state index in [0.717, 1.165) is 24.5 Å². The average molecular weight is 457 g/mol. The lowest BCUT2D eigenvalue weighted by molar-refractivity contribution is 0.0939. The number of hydrogen-bond donors (Lipinski definition) is 1. The highest BCUT2D eigenvalue weighted by atomic mass is 16.2. The van der Waals surface area contributed by atoms with E-state index in [4.69, 9.17) is 5.10 Å². The number of benzene rings is 1. The number of carbonyl (C=O) groups excluding carboxylic acids is 1. The molecule has 4 aromatic rings. The standard InChI is InChI=1S/C25H28N8O/c1-15-4-7-19(16(2)10-15)33-20-8-9-32(13-18(20)12-29-33)23-21-22(27-14-28-23)31(3)24(30-21)25(34)26-11-17-5-6-17/h4,7,10,12,14,17H,5-6,8-9,11,13H2,1-3H3,(H,26,34). The molecule has 34 heavy (non-hydrogen) atoms. The largest absolute Gasteiger partial charge is 0.350 e. The van der Waals surface area contributed by atoms with E-state index in [2.05, 4.69) is 61.9 Å². The number of anilines is 1. The number of imidazole rings is 1. The van der Waals surface area contributed by atoms with Gasteiger partial charge in [0.15, 0.2) is 17.0 Å². The summed E-state index contributed by atoms with van der Waals surface area (Å²) in [5, 5.41) is 7.72. The number of hydrogen-bond acceptors (Lipinski definition) is 6. The maximum absolute atomic E-state index is 12.7. The Kier molecular flexibility index (Phi) is 4.86. The van der Waals surface area contributed by atoms with E-state index in [1.54, 1.807) is 10.9 Å². The first-order chi connectivity index (χ1) is 16.5. The number of aryl methyl sites for hydroxylation is 3. The van der Waals surface area contributed by atoms with Crippen molar-refractivity contribution in [2.24, 2.45) is 13.0 Å². The van der Waals surface area contributed by atoms with Crippen LogP contribution in [0.5, 0.6) is 0 Å². The quantitative estimate of drug-likeness (QED) is 0.496. The Labute approximate surface area is 197 Å². The van der Waals surface area contributed by atoms with Crippen LogP contribution < -0.4 is 10.2 Å². The SMILES string of the molecule is Cc1ccc(-n2ncc3c2CCN(c2ncnc4c2nc(C(=O)NCC2CC2)n4C)C3)c(C)c1. The molecular weight excluding hydrogens is 428 g/mol. The molecule has 0 unspecified atom stereocenters. The van der Waals surface area contributed by atoms with E-state index in [-0.39, 0.29) is 5.91 Å². The van der Waals surface area contributed by atoms with Crippen LogP contribution in [0.15, 0.2) is 30.7 Å². The lowest BCUT2D eigenvalue weighted by Gasteiger charge is -2.28. The molecule has 4 heterocycles. The van der Waals surface area contributed by atoms with E-state index in [1.807, 2.05) is 13.2 Å². The molecule has 1 aliphatic carbocycles. The van der Waals surface area contributed by atoms with Gasteiger partial charge in [0.05, 0.1) is 17.6 Å². The van der Waals surface area contributed by atoms with Crippen molar-refractivity contribution in [1.82, 2.24) is 34.6 Å². The molecule has 1 amide bonds. The summed E-state index contributed by atoms with van der Waals surface area (Å²) < 4.78 is 3.83. The summed E-state index contributed by atoms with van der Waals surface area (Å²) in [6.07, 6.45) is 6.73. The van der Waals surface area contributed by atoms with Crippen LogP contribution in [0.25, 0.3) is 16.9 Å². The Morgan fingerprint density at radius 2 is 2.06 bits per heavy atom. The second kappa shape index (κ2) is 7.93. The first kappa shape index (κ1) is 20.8. The fourth-order valence-electron chi connectivity index (χ4n) is 4.82. The summed E-state index contributed by atoms with van der Waals surface area (Å²) in [4.78, 5) is 28.6. The number of fused-ring (bicyclic) bond motifs is 2. The van der Waals surface area contributed by atoms with E-state index in [9.17, 15) is 4.79 Å². The van der Waals surface area contributed by atoms with E-state index in [0.29, 0.717) is 36.0 Å². The molecule has 0 bridgehead atoms. The molecule has 2 aliphatic rings. The zero-order valence-electron chi connectivity index (χ0n) is 19.7. The topological polar surface area (TPSA) is 93.8 Å². The van der Waals surface area contributed by atoms with Crippen molar-refractivity contribution in [2.75, 3.05) is 18.0 Å². The first-order valence-electron chi connectivity index (χ1n) is 11.8. The molecule has 1 saturated carbocycles. The molecule has 1 N–H and O–H groups in total. The number of nitrogens with zero attached hydrogens (tertiary/aromatic N) is 7. The first-order valence-corrected chi connectivity index (χ1v) is 11.8. The molecule has 0 saturated heterocycles. The van der Waals surface area contributed by atoms with Gasteiger partial charge < -0.3 is 14.8 Å². The Morgan fingerprint density at radius 1 is 1.21 bits per heavy atom. The number of carbonyl (C=O) groups is 1.